The molecule has 1 aromatic heterocycles. The van der Waals surface area contributed by atoms with Crippen molar-refractivity contribution in [3.63, 3.8) is 0 Å². The number of halogens is 3. The molecule has 1 saturated heterocycles. The Labute approximate surface area is 199 Å². The van der Waals surface area contributed by atoms with Gasteiger partial charge in [0.2, 0.25) is 17.8 Å². The molecule has 1 fully saturated rings. The van der Waals surface area contributed by atoms with Gasteiger partial charge in [0.05, 0.1) is 11.4 Å². The number of alkyl halides is 3. The second-order valence-corrected chi connectivity index (χ2v) is 8.11. The summed E-state index contributed by atoms with van der Waals surface area (Å²) in [7, 11) is 0. The normalized spacial score (nSPS) is 16.9. The highest BCUT2D eigenvalue weighted by molar-refractivity contribution is 6.02. The molecular weight excluding hydrogens is 461 g/mol. The van der Waals surface area contributed by atoms with E-state index in [2.05, 4.69) is 32.5 Å². The highest BCUT2D eigenvalue weighted by Crippen LogP contribution is 2.37. The molecule has 3 N–H and O–H groups in total. The van der Waals surface area contributed by atoms with E-state index in [4.69, 9.17) is 0 Å². The Morgan fingerprint density at radius 2 is 2.03 bits per heavy atom. The molecule has 182 valence electrons. The molecule has 1 atom stereocenters. The topological polar surface area (TPSA) is 99.2 Å². The Morgan fingerprint density at radius 1 is 1.26 bits per heavy atom. The molecule has 1 aliphatic heterocycles. The summed E-state index contributed by atoms with van der Waals surface area (Å²) in [6, 6.07) is 4.76. The second kappa shape index (κ2) is 9.61. The van der Waals surface area contributed by atoms with Crippen LogP contribution in [-0.4, -0.2) is 45.8 Å². The van der Waals surface area contributed by atoms with E-state index >= 15 is 0 Å². The standard InChI is InChI=1S/C24H23F3N6O2/c1-3-21(35)30-20-11-16(15-5-4-6-15)7-8-19(20)31-22-18(24(25,26)27)12-28-23(32-22)29-17-9-10-33(13-17)14(2)34/h3-8,11-12,17H,1,9-10,13H2,2H3,(H,30,35)(H2,28,29,31,32)/t17-/m1/s1. The van der Waals surface area contributed by atoms with Crippen molar-refractivity contribution in [1.29, 1.82) is 0 Å². The minimum Gasteiger partial charge on any atom is -0.350 e. The van der Waals surface area contributed by atoms with Gasteiger partial charge in [-0.15, -0.1) is 0 Å². The lowest BCUT2D eigenvalue weighted by molar-refractivity contribution is -0.137. The average molecular weight is 484 g/mol. The first-order valence-electron chi connectivity index (χ1n) is 10.8. The van der Waals surface area contributed by atoms with Crippen molar-refractivity contribution in [1.82, 2.24) is 14.9 Å². The lowest BCUT2D eigenvalue weighted by Gasteiger charge is -2.19. The molecule has 1 aromatic carbocycles. The van der Waals surface area contributed by atoms with E-state index in [-0.39, 0.29) is 29.3 Å². The minimum atomic E-state index is -4.72. The minimum absolute atomic E-state index is 0.00559. The molecule has 2 aromatic rings. The van der Waals surface area contributed by atoms with Crippen molar-refractivity contribution in [2.75, 3.05) is 29.0 Å². The van der Waals surface area contributed by atoms with Crippen LogP contribution in [0.25, 0.3) is 5.57 Å². The number of nitrogens with zero attached hydrogens (tertiary/aromatic N) is 3. The SMILES string of the molecule is C=CC(=O)Nc1cc(C2=CC=C2)ccc1Nc1nc(N[C@@H]2CCN(C(C)=O)C2)ncc1C(F)(F)F. The van der Waals surface area contributed by atoms with Crippen molar-refractivity contribution in [3.8, 4) is 0 Å². The summed E-state index contributed by atoms with van der Waals surface area (Å²) in [5.74, 6) is -1.06. The Morgan fingerprint density at radius 3 is 2.63 bits per heavy atom. The summed E-state index contributed by atoms with van der Waals surface area (Å²) < 4.78 is 41.2. The lowest BCUT2D eigenvalue weighted by Crippen LogP contribution is -2.30. The van der Waals surface area contributed by atoms with Crippen LogP contribution in [0, 0.1) is 0 Å². The van der Waals surface area contributed by atoms with Crippen LogP contribution in [0.15, 0.2) is 55.3 Å². The zero-order valence-corrected chi connectivity index (χ0v) is 18.8. The van der Waals surface area contributed by atoms with Crippen molar-refractivity contribution in [2.24, 2.45) is 0 Å². The van der Waals surface area contributed by atoms with E-state index in [1.807, 2.05) is 18.2 Å². The van der Waals surface area contributed by atoms with Crippen molar-refractivity contribution >= 4 is 40.5 Å². The Balaban J connectivity index is 1.65. The van der Waals surface area contributed by atoms with E-state index in [1.54, 1.807) is 23.1 Å². The average Bonchev–Trinajstić information content (AvgIpc) is 3.22. The quantitative estimate of drug-likeness (QED) is 0.506. The van der Waals surface area contributed by atoms with Crippen molar-refractivity contribution in [2.45, 2.75) is 25.6 Å². The highest BCUT2D eigenvalue weighted by atomic mass is 19.4. The summed E-state index contributed by atoms with van der Waals surface area (Å²) in [5, 5.41) is 8.34. The third kappa shape index (κ3) is 5.51. The third-order valence-electron chi connectivity index (χ3n) is 5.66. The number of aromatic nitrogens is 2. The summed E-state index contributed by atoms with van der Waals surface area (Å²) >= 11 is 0. The Hall–Kier alpha value is -4.15. The van der Waals surface area contributed by atoms with Crippen molar-refractivity contribution in [3.05, 3.63) is 66.4 Å². The molecular formula is C24H23F3N6O2. The van der Waals surface area contributed by atoms with Gasteiger partial charge >= 0.3 is 6.18 Å². The smallest absolute Gasteiger partial charge is 0.350 e. The number of carbonyl (C=O) groups is 2. The zero-order chi connectivity index (χ0) is 25.2. The molecule has 0 saturated carbocycles. The van der Waals surface area contributed by atoms with Gasteiger partial charge in [0.15, 0.2) is 0 Å². The third-order valence-corrected chi connectivity index (χ3v) is 5.66. The highest BCUT2D eigenvalue weighted by Gasteiger charge is 2.36. The number of hydrogen-bond donors (Lipinski definition) is 3. The summed E-state index contributed by atoms with van der Waals surface area (Å²) in [4.78, 5) is 33.1. The van der Waals surface area contributed by atoms with Gasteiger partial charge in [0, 0.05) is 32.3 Å². The van der Waals surface area contributed by atoms with Gasteiger partial charge in [-0.05, 0) is 35.8 Å². The van der Waals surface area contributed by atoms with Crippen LogP contribution in [0.4, 0.5) is 36.3 Å². The summed E-state index contributed by atoms with van der Waals surface area (Å²) in [6.07, 6.45) is 3.29. The zero-order valence-electron chi connectivity index (χ0n) is 18.8. The van der Waals surface area contributed by atoms with E-state index in [0.29, 0.717) is 25.7 Å². The molecule has 0 radical (unpaired) electrons. The van der Waals surface area contributed by atoms with E-state index in [1.165, 1.54) is 6.92 Å². The number of likely N-dealkylation sites (tertiary alicyclic amines) is 1. The van der Waals surface area contributed by atoms with E-state index in [9.17, 15) is 22.8 Å². The lowest BCUT2D eigenvalue weighted by atomic mass is 9.98. The molecule has 0 unspecified atom stereocenters. The number of benzene rings is 1. The van der Waals surface area contributed by atoms with Crippen LogP contribution >= 0.6 is 0 Å². The molecule has 0 bridgehead atoms. The maximum atomic E-state index is 13.7. The number of hydrogen-bond acceptors (Lipinski definition) is 6. The van der Waals surface area contributed by atoms with Gasteiger partial charge in [-0.1, -0.05) is 30.9 Å². The van der Waals surface area contributed by atoms with E-state index in [0.717, 1.165) is 17.2 Å². The first kappa shape index (κ1) is 24.0. The largest absolute Gasteiger partial charge is 0.421 e. The second-order valence-electron chi connectivity index (χ2n) is 8.11. The van der Waals surface area contributed by atoms with Crippen molar-refractivity contribution < 1.29 is 22.8 Å². The monoisotopic (exact) mass is 484 g/mol. The molecule has 35 heavy (non-hydrogen) atoms. The van der Waals surface area contributed by atoms with Crippen LogP contribution in [0.3, 0.4) is 0 Å². The van der Waals surface area contributed by atoms with Crippen LogP contribution in [0.1, 0.15) is 24.5 Å². The van der Waals surface area contributed by atoms with Gasteiger partial charge in [0.25, 0.3) is 0 Å². The van der Waals surface area contributed by atoms with Gasteiger partial charge in [0.1, 0.15) is 11.4 Å². The van der Waals surface area contributed by atoms with Gasteiger partial charge in [-0.2, -0.15) is 18.2 Å². The molecule has 2 heterocycles. The van der Waals surface area contributed by atoms with Crippen LogP contribution < -0.4 is 16.0 Å². The maximum absolute atomic E-state index is 13.7. The number of nitrogens with one attached hydrogen (secondary N) is 3. The molecule has 2 amide bonds. The number of rotatable bonds is 7. The summed E-state index contributed by atoms with van der Waals surface area (Å²) in [6.45, 7) is 5.84. The first-order valence-corrected chi connectivity index (χ1v) is 10.8. The molecule has 2 aliphatic rings. The molecule has 0 spiro atoms. The summed E-state index contributed by atoms with van der Waals surface area (Å²) in [5.41, 5.74) is 1.13. The predicted octanol–water partition coefficient (Wildman–Crippen LogP) is 4.35. The Kier molecular flexibility index (Phi) is 6.59. The molecule has 4 rings (SSSR count). The van der Waals surface area contributed by atoms with Gasteiger partial charge < -0.3 is 20.9 Å². The first-order chi connectivity index (χ1) is 16.6. The number of allylic oxidation sites excluding steroid dienone is 4. The molecule has 1 aliphatic carbocycles. The van der Waals surface area contributed by atoms with Crippen LogP contribution in [-0.2, 0) is 15.8 Å². The fraction of sp³-hybridized carbons (Fsp3) is 0.250. The van der Waals surface area contributed by atoms with Crippen LogP contribution in [0.5, 0.6) is 0 Å². The van der Waals surface area contributed by atoms with Gasteiger partial charge in [-0.3, -0.25) is 9.59 Å². The number of carbonyl (C=O) groups excluding carboxylic acids is 2. The van der Waals surface area contributed by atoms with E-state index < -0.39 is 23.5 Å². The maximum Gasteiger partial charge on any atom is 0.421 e. The Bertz CT molecular complexity index is 1240. The fourth-order valence-electron chi connectivity index (χ4n) is 3.73. The number of anilines is 4. The molecule has 8 nitrogen and oxygen atoms in total. The molecule has 11 heteroatoms. The van der Waals surface area contributed by atoms with Gasteiger partial charge in [-0.25, -0.2) is 4.98 Å². The van der Waals surface area contributed by atoms with Crippen LogP contribution in [0.2, 0.25) is 0 Å². The fourth-order valence-corrected chi connectivity index (χ4v) is 3.73. The number of amides is 2. The predicted molar refractivity (Wildman–Crippen MR) is 127 cm³/mol.